The van der Waals surface area contributed by atoms with Crippen molar-refractivity contribution in [1.82, 2.24) is 52.3 Å². The van der Waals surface area contributed by atoms with Gasteiger partial charge < -0.3 is 57.4 Å². The fraction of sp³-hybridized carbons (Fsp3) is 0.527. The molecule has 1 unspecified atom stereocenters. The van der Waals surface area contributed by atoms with Gasteiger partial charge in [0.25, 0.3) is 11.8 Å². The molecule has 2 saturated heterocycles. The molecule has 2 fully saturated rings. The van der Waals surface area contributed by atoms with Gasteiger partial charge >= 0.3 is 0 Å². The summed E-state index contributed by atoms with van der Waals surface area (Å²) in [6, 6.07) is 14.3. The average molecular weight is 1020 g/mol. The van der Waals surface area contributed by atoms with Gasteiger partial charge in [0.05, 0.1) is 30.3 Å². The van der Waals surface area contributed by atoms with Gasteiger partial charge in [-0.3, -0.25) is 38.4 Å². The van der Waals surface area contributed by atoms with Crippen LogP contribution in [0.3, 0.4) is 0 Å². The van der Waals surface area contributed by atoms with E-state index in [0.29, 0.717) is 6.42 Å². The van der Waals surface area contributed by atoms with Gasteiger partial charge in [-0.1, -0.05) is 68.4 Å². The first-order chi connectivity index (χ1) is 35.4. The number of fused-ring (bicyclic) bond motifs is 2. The Morgan fingerprint density at radius 1 is 0.554 bits per heavy atom. The number of benzene rings is 3. The van der Waals surface area contributed by atoms with Crippen LogP contribution in [0, 0.1) is 5.92 Å². The number of aliphatic hydroxyl groups is 1. The van der Waals surface area contributed by atoms with E-state index in [-0.39, 0.29) is 66.9 Å². The number of aliphatic hydroxyl groups excluding tert-OH is 1. The van der Waals surface area contributed by atoms with Gasteiger partial charge in [0.1, 0.15) is 24.2 Å². The molecule has 3 aromatic rings. The molecule has 398 valence electrons. The van der Waals surface area contributed by atoms with Gasteiger partial charge in [-0.05, 0) is 133 Å². The molecule has 8 amide bonds. The number of carbonyl (C=O) groups is 8. The molecule has 2 aliphatic heterocycles. The van der Waals surface area contributed by atoms with Crippen LogP contribution in [0.2, 0.25) is 0 Å². The smallest absolute Gasteiger partial charge is 0.251 e. The first-order valence-electron chi connectivity index (χ1n) is 26.1. The van der Waals surface area contributed by atoms with Crippen molar-refractivity contribution >= 4 is 47.3 Å². The Kier molecular flexibility index (Phi) is 18.3. The minimum absolute atomic E-state index is 0.0161. The molecule has 9 N–H and O–H groups in total. The molecule has 0 saturated carbocycles. The van der Waals surface area contributed by atoms with Crippen molar-refractivity contribution in [3.8, 4) is 0 Å². The number of rotatable bonds is 18. The van der Waals surface area contributed by atoms with Crippen LogP contribution in [0.4, 0.5) is 0 Å². The highest BCUT2D eigenvalue weighted by Gasteiger charge is 2.46. The summed E-state index contributed by atoms with van der Waals surface area (Å²) in [4.78, 5) is 114. The third-order valence-corrected chi connectivity index (χ3v) is 15.1. The predicted octanol–water partition coefficient (Wildman–Crippen LogP) is 1.70. The Morgan fingerprint density at radius 3 is 1.39 bits per heavy atom. The summed E-state index contributed by atoms with van der Waals surface area (Å²) in [6.45, 7) is 8.17. The van der Waals surface area contributed by atoms with E-state index in [1.165, 1.54) is 28.9 Å². The number of nitrogens with zero attached hydrogens (tertiary/aromatic N) is 2. The summed E-state index contributed by atoms with van der Waals surface area (Å²) in [6.07, 6.45) is 3.73. The molecule has 19 nitrogen and oxygen atoms in total. The second-order valence-corrected chi connectivity index (χ2v) is 20.7. The number of likely N-dealkylation sites (N-methyl/N-ethyl adjacent to an activating group) is 2. The van der Waals surface area contributed by atoms with E-state index in [0.717, 1.165) is 54.4 Å². The second kappa shape index (κ2) is 24.6. The van der Waals surface area contributed by atoms with E-state index in [1.54, 1.807) is 40.1 Å². The van der Waals surface area contributed by atoms with Crippen LogP contribution in [0.25, 0.3) is 0 Å². The summed E-state index contributed by atoms with van der Waals surface area (Å²) in [5.41, 5.74) is 4.57. The highest BCUT2D eigenvalue weighted by atomic mass is 16.3. The van der Waals surface area contributed by atoms with Crippen LogP contribution in [0.5, 0.6) is 0 Å². The molecule has 19 heteroatoms. The molecule has 11 atom stereocenters. The zero-order valence-electron chi connectivity index (χ0n) is 43.5. The van der Waals surface area contributed by atoms with Gasteiger partial charge in [0.2, 0.25) is 35.4 Å². The van der Waals surface area contributed by atoms with Gasteiger partial charge in [-0.15, -0.1) is 0 Å². The lowest BCUT2D eigenvalue weighted by atomic mass is 9.87. The van der Waals surface area contributed by atoms with Crippen molar-refractivity contribution in [2.75, 3.05) is 27.2 Å². The van der Waals surface area contributed by atoms with Gasteiger partial charge in [-0.2, -0.15) is 0 Å². The average Bonchev–Trinajstić information content (AvgIpc) is 4.03. The molecule has 0 aromatic heterocycles. The number of amides is 8. The summed E-state index contributed by atoms with van der Waals surface area (Å²) < 4.78 is 0. The highest BCUT2D eigenvalue weighted by molar-refractivity contribution is 6.01. The summed E-state index contributed by atoms with van der Waals surface area (Å²) >= 11 is 0. The van der Waals surface area contributed by atoms with E-state index in [2.05, 4.69) is 48.6 Å². The number of likely N-dealkylation sites (tertiary alicyclic amines) is 2. The molecular weight excluding hydrogens is 945 g/mol. The zero-order chi connectivity index (χ0) is 53.4. The van der Waals surface area contributed by atoms with E-state index >= 15 is 0 Å². The lowest BCUT2D eigenvalue weighted by molar-refractivity contribution is -0.144. The Labute approximate surface area is 433 Å². The maximum absolute atomic E-state index is 14.5. The topological polar surface area (TPSA) is 260 Å². The fourth-order valence-corrected chi connectivity index (χ4v) is 10.6. The Bertz CT molecular complexity index is 2400. The van der Waals surface area contributed by atoms with Crippen molar-refractivity contribution in [3.05, 3.63) is 106 Å². The zero-order valence-corrected chi connectivity index (χ0v) is 43.5. The van der Waals surface area contributed by atoms with E-state index in [4.69, 9.17) is 0 Å². The van der Waals surface area contributed by atoms with E-state index in [1.807, 2.05) is 56.3 Å². The molecule has 74 heavy (non-hydrogen) atoms. The highest BCUT2D eigenvalue weighted by Crippen LogP contribution is 2.32. The molecular formula is C55H74N10O9. The summed E-state index contributed by atoms with van der Waals surface area (Å²) in [5.74, 6) is -4.28. The number of nitrogens with one attached hydrogen (secondary N) is 8. The molecule has 0 bridgehead atoms. The number of hydrogen-bond acceptors (Lipinski definition) is 11. The quantitative estimate of drug-likeness (QED) is 0.0887. The predicted molar refractivity (Wildman–Crippen MR) is 277 cm³/mol. The summed E-state index contributed by atoms with van der Waals surface area (Å²) in [7, 11) is 3.23. The summed E-state index contributed by atoms with van der Waals surface area (Å²) in [5, 5.41) is 34.3. The lowest BCUT2D eigenvalue weighted by Crippen LogP contribution is -2.59. The molecule has 2 heterocycles. The Morgan fingerprint density at radius 2 is 0.973 bits per heavy atom. The molecule has 4 aliphatic rings. The van der Waals surface area contributed by atoms with E-state index in [9.17, 15) is 43.5 Å². The largest absolute Gasteiger partial charge is 0.391 e. The minimum atomic E-state index is -1.39. The lowest BCUT2D eigenvalue weighted by Gasteiger charge is -2.32. The monoisotopic (exact) mass is 1020 g/mol. The van der Waals surface area contributed by atoms with Crippen LogP contribution in [0.15, 0.2) is 72.8 Å². The first kappa shape index (κ1) is 55.1. The third kappa shape index (κ3) is 12.8. The molecule has 7 rings (SSSR count). The fourth-order valence-electron chi connectivity index (χ4n) is 10.6. The van der Waals surface area contributed by atoms with Crippen molar-refractivity contribution in [1.29, 1.82) is 0 Å². The standard InChI is InChI=1S/C55H74N10O9/c1-30(2)46(62-48(67)31(3)56-6)54(73)64-28-38(26-44(64)52(71)60-42-23-13-17-34-15-8-10-21-40(34)42)58-50(69)36-19-12-20-37(25-36)51(70)59-39-27-45(53(72)61-43-24-14-18-35-16-9-11-22-41(35)43)65(29-39)55(74)47(33(5)66)63-49(68)32(4)57-7/h8-12,15-16,19-22,25,30-33,38-39,42-47,56-57,66H,13-14,17-18,23-24,26-29H2,1-7H3,(H,58,69)(H,59,70)(H,60,71)(H,61,72)(H,62,67)(H,63,68)/t31-,32-,33+,38-,39-,42?,43+,44-,45-,46-,47-/m0/s1. The van der Waals surface area contributed by atoms with Crippen LogP contribution in [-0.4, -0.2) is 144 Å². The Balaban J connectivity index is 1.07. The van der Waals surface area contributed by atoms with Gasteiger partial charge in [0, 0.05) is 36.3 Å². The van der Waals surface area contributed by atoms with Crippen LogP contribution >= 0.6 is 0 Å². The van der Waals surface area contributed by atoms with Gasteiger partial charge in [-0.25, -0.2) is 0 Å². The van der Waals surface area contributed by atoms with E-state index < -0.39 is 89.9 Å². The number of aryl methyl sites for hydroxylation is 2. The minimum Gasteiger partial charge on any atom is -0.391 e. The first-order valence-corrected chi connectivity index (χ1v) is 26.1. The Hall–Kier alpha value is -6.70. The number of hydrogen-bond donors (Lipinski definition) is 9. The maximum Gasteiger partial charge on any atom is 0.251 e. The molecule has 0 radical (unpaired) electrons. The van der Waals surface area contributed by atoms with Crippen LogP contribution < -0.4 is 42.5 Å². The van der Waals surface area contributed by atoms with Gasteiger partial charge in [0.15, 0.2) is 0 Å². The molecule has 3 aromatic carbocycles. The van der Waals surface area contributed by atoms with Crippen LogP contribution in [0.1, 0.15) is 128 Å². The third-order valence-electron chi connectivity index (χ3n) is 15.1. The maximum atomic E-state index is 14.5. The molecule has 0 spiro atoms. The number of carbonyl (C=O) groups excluding carboxylic acids is 8. The molecule has 2 aliphatic carbocycles. The van der Waals surface area contributed by atoms with Crippen molar-refractivity contribution in [2.24, 2.45) is 5.92 Å². The normalized spacial score (nSPS) is 23.2. The van der Waals surface area contributed by atoms with Crippen molar-refractivity contribution < 1.29 is 43.5 Å². The second-order valence-electron chi connectivity index (χ2n) is 20.7. The van der Waals surface area contributed by atoms with Crippen molar-refractivity contribution in [3.63, 3.8) is 0 Å². The SMILES string of the molecule is CN[C@@H](C)C(=O)N[C@H](C(=O)N1C[C@@H](NC(=O)c2cccc(C(=O)N[C@H]3C[C@@H](C(=O)N[C@@H]4CCCc5ccccc54)N(C(=O)[C@@H](NC(=O)[C@H](C)NC)[C@@H](C)O)C3)c2)C[C@H]1C(=O)NC1CCCc2ccccc21)C(C)C. The van der Waals surface area contributed by atoms with Crippen LogP contribution in [-0.2, 0) is 41.6 Å². The van der Waals surface area contributed by atoms with Crippen molar-refractivity contribution in [2.45, 2.75) is 153 Å².